The van der Waals surface area contributed by atoms with Crippen LogP contribution in [0.15, 0.2) is 72.1 Å². The Morgan fingerprint density at radius 3 is 2.52 bits per heavy atom. The van der Waals surface area contributed by atoms with Crippen molar-refractivity contribution >= 4 is 34.8 Å². The maximum absolute atomic E-state index is 13.1. The molecule has 4 aromatic rings. The molecule has 40 heavy (non-hydrogen) atoms. The summed E-state index contributed by atoms with van der Waals surface area (Å²) in [6.45, 7) is 4.62. The van der Waals surface area contributed by atoms with E-state index < -0.39 is 0 Å². The van der Waals surface area contributed by atoms with Crippen LogP contribution in [0.25, 0.3) is 22.2 Å². The maximum atomic E-state index is 13.1. The van der Waals surface area contributed by atoms with Crippen molar-refractivity contribution in [3.63, 3.8) is 0 Å². The highest BCUT2D eigenvalue weighted by molar-refractivity contribution is 6.10. The number of carbonyl (C=O) groups excluding carboxylic acids is 1. The summed E-state index contributed by atoms with van der Waals surface area (Å²) in [6.07, 6.45) is 6.70. The first-order chi connectivity index (χ1) is 19.4. The summed E-state index contributed by atoms with van der Waals surface area (Å²) in [7, 11) is 1.67. The van der Waals surface area contributed by atoms with Gasteiger partial charge in [0.1, 0.15) is 17.5 Å². The normalized spacial score (nSPS) is 15.0. The second-order valence-electron chi connectivity index (χ2n) is 9.67. The summed E-state index contributed by atoms with van der Waals surface area (Å²) >= 11 is 0. The number of hydrogen-bond acceptors (Lipinski definition) is 8. The largest absolute Gasteiger partial charge is 0.404 e. The van der Waals surface area contributed by atoms with Gasteiger partial charge < -0.3 is 21.3 Å². The molecule has 1 aliphatic rings. The van der Waals surface area contributed by atoms with Crippen molar-refractivity contribution < 1.29 is 4.79 Å². The zero-order chi connectivity index (χ0) is 28.2. The van der Waals surface area contributed by atoms with Crippen LogP contribution in [0.4, 0.5) is 11.6 Å². The van der Waals surface area contributed by atoms with Crippen LogP contribution in [-0.2, 0) is 4.79 Å². The van der Waals surface area contributed by atoms with Gasteiger partial charge in [0, 0.05) is 80.3 Å². The van der Waals surface area contributed by atoms with Crippen molar-refractivity contribution in [2.45, 2.75) is 12.8 Å². The molecule has 4 heterocycles. The van der Waals surface area contributed by atoms with Gasteiger partial charge in [0.05, 0.1) is 11.4 Å². The fraction of sp³-hybridized carbons (Fsp3) is 0.233. The number of fused-ring (bicyclic) bond motifs is 1. The van der Waals surface area contributed by atoms with Gasteiger partial charge in [-0.3, -0.25) is 9.79 Å². The van der Waals surface area contributed by atoms with Crippen LogP contribution in [0, 0.1) is 11.3 Å². The number of nitrogen functional groups attached to an aromatic ring is 1. The standard InChI is InChI=1S/C30H31N9O/c1-20(21-6-4-3-5-7-21)30(40)38-12-10-37(11-13-38)27-9-8-22(18-35-27)25-14-23(24(15-31)17-34-2)19-39-28(25)26(16-32)29(33)36-39/h3-9,14-15,17-20H,10-13,31H2,1-2H3,(H2,33,36)/t20-/m1/s1. The van der Waals surface area contributed by atoms with Crippen LogP contribution in [0.3, 0.4) is 0 Å². The Balaban J connectivity index is 1.38. The Morgan fingerprint density at radius 1 is 1.15 bits per heavy atom. The van der Waals surface area contributed by atoms with Crippen molar-refractivity contribution in [3.8, 4) is 17.2 Å². The van der Waals surface area contributed by atoms with Crippen molar-refractivity contribution in [1.29, 1.82) is 5.26 Å². The zero-order valence-electron chi connectivity index (χ0n) is 22.5. The molecule has 10 nitrogen and oxygen atoms in total. The predicted octanol–water partition coefficient (Wildman–Crippen LogP) is 3.30. The van der Waals surface area contributed by atoms with Crippen molar-refractivity contribution in [1.82, 2.24) is 19.5 Å². The lowest BCUT2D eigenvalue weighted by Gasteiger charge is -2.36. The van der Waals surface area contributed by atoms with E-state index in [2.05, 4.69) is 21.1 Å². The zero-order valence-corrected chi connectivity index (χ0v) is 22.5. The third-order valence-electron chi connectivity index (χ3n) is 7.29. The predicted molar refractivity (Wildman–Crippen MR) is 158 cm³/mol. The fourth-order valence-electron chi connectivity index (χ4n) is 5.08. The Morgan fingerprint density at radius 2 is 1.90 bits per heavy atom. The number of carbonyl (C=O) groups is 1. The number of pyridine rings is 2. The highest BCUT2D eigenvalue weighted by atomic mass is 16.2. The highest BCUT2D eigenvalue weighted by Gasteiger charge is 2.26. The average molecular weight is 534 g/mol. The molecule has 1 amide bonds. The van der Waals surface area contributed by atoms with E-state index in [0.717, 1.165) is 28.1 Å². The van der Waals surface area contributed by atoms with E-state index >= 15 is 0 Å². The average Bonchev–Trinajstić information content (AvgIpc) is 3.33. The fourth-order valence-corrected chi connectivity index (χ4v) is 5.08. The van der Waals surface area contributed by atoms with Crippen LogP contribution in [0.1, 0.15) is 29.5 Å². The van der Waals surface area contributed by atoms with E-state index in [1.54, 1.807) is 30.2 Å². The van der Waals surface area contributed by atoms with Crippen LogP contribution in [0.5, 0.6) is 0 Å². The molecule has 10 heteroatoms. The number of piperazine rings is 1. The van der Waals surface area contributed by atoms with Gasteiger partial charge in [-0.05, 0) is 30.7 Å². The quantitative estimate of drug-likeness (QED) is 0.362. The van der Waals surface area contributed by atoms with E-state index in [0.29, 0.717) is 42.8 Å². The van der Waals surface area contributed by atoms with Gasteiger partial charge in [-0.15, -0.1) is 5.10 Å². The first-order valence-corrected chi connectivity index (χ1v) is 13.1. The Labute approximate surface area is 232 Å². The van der Waals surface area contributed by atoms with Gasteiger partial charge in [0.25, 0.3) is 0 Å². The van der Waals surface area contributed by atoms with Gasteiger partial charge in [-0.25, -0.2) is 9.50 Å². The molecule has 202 valence electrons. The number of amides is 1. The maximum Gasteiger partial charge on any atom is 0.229 e. The number of hydrogen-bond donors (Lipinski definition) is 2. The summed E-state index contributed by atoms with van der Waals surface area (Å²) < 4.78 is 1.60. The molecule has 1 atom stereocenters. The molecule has 0 unspecified atom stereocenters. The van der Waals surface area contributed by atoms with E-state index in [9.17, 15) is 10.1 Å². The molecule has 0 aliphatic carbocycles. The van der Waals surface area contributed by atoms with Crippen LogP contribution in [-0.4, -0.2) is 64.8 Å². The smallest absolute Gasteiger partial charge is 0.229 e. The molecule has 0 spiro atoms. The molecule has 1 aliphatic heterocycles. The van der Waals surface area contributed by atoms with Gasteiger partial charge in [-0.1, -0.05) is 30.3 Å². The summed E-state index contributed by atoms with van der Waals surface area (Å²) in [6, 6.07) is 17.9. The number of allylic oxidation sites excluding steroid dienone is 1. The van der Waals surface area contributed by atoms with Gasteiger partial charge >= 0.3 is 0 Å². The second kappa shape index (κ2) is 11.3. The number of nitriles is 1. The topological polar surface area (TPSA) is 142 Å². The molecule has 1 aromatic carbocycles. The van der Waals surface area contributed by atoms with E-state index in [-0.39, 0.29) is 17.6 Å². The minimum atomic E-state index is -0.174. The van der Waals surface area contributed by atoms with E-state index in [1.807, 2.05) is 60.4 Å². The highest BCUT2D eigenvalue weighted by Crippen LogP contribution is 2.32. The molecular weight excluding hydrogens is 502 g/mol. The Kier molecular flexibility index (Phi) is 7.46. The third kappa shape index (κ3) is 4.97. The molecule has 1 saturated heterocycles. The number of nitrogens with zero attached hydrogens (tertiary/aromatic N) is 7. The number of nitrogens with two attached hydrogens (primary N) is 2. The van der Waals surface area contributed by atoms with Crippen LogP contribution >= 0.6 is 0 Å². The Bertz CT molecular complexity index is 1620. The molecule has 1 fully saturated rings. The van der Waals surface area contributed by atoms with Gasteiger partial charge in [0.15, 0.2) is 5.82 Å². The summed E-state index contributed by atoms with van der Waals surface area (Å²) in [5.41, 5.74) is 16.9. The first-order valence-electron chi connectivity index (χ1n) is 13.1. The van der Waals surface area contributed by atoms with E-state index in [4.69, 9.17) is 16.5 Å². The molecule has 0 saturated carbocycles. The molecule has 5 rings (SSSR count). The lowest BCUT2D eigenvalue weighted by molar-refractivity contribution is -0.132. The first kappa shape index (κ1) is 26.4. The second-order valence-corrected chi connectivity index (χ2v) is 9.67. The SMILES string of the molecule is CN=CC(=CN)c1cc(-c2ccc(N3CCN(C(=O)[C@H](C)c4ccccc4)CC3)nc2)c2c(C#N)c(N)nn2c1. The molecule has 0 radical (unpaired) electrons. The Hall–Kier alpha value is -5.17. The third-order valence-corrected chi connectivity index (χ3v) is 7.29. The van der Waals surface area contributed by atoms with Gasteiger partial charge in [-0.2, -0.15) is 5.26 Å². The monoisotopic (exact) mass is 533 g/mol. The van der Waals surface area contributed by atoms with E-state index in [1.165, 1.54) is 6.20 Å². The van der Waals surface area contributed by atoms with Crippen LogP contribution in [0.2, 0.25) is 0 Å². The summed E-state index contributed by atoms with van der Waals surface area (Å²) in [5.74, 6) is 0.951. The van der Waals surface area contributed by atoms with Crippen molar-refractivity contribution in [3.05, 3.63) is 83.8 Å². The summed E-state index contributed by atoms with van der Waals surface area (Å²) in [5, 5.41) is 14.1. The number of aromatic nitrogens is 3. The number of benzene rings is 1. The molecule has 3 aromatic heterocycles. The minimum Gasteiger partial charge on any atom is -0.404 e. The lowest BCUT2D eigenvalue weighted by Crippen LogP contribution is -2.50. The van der Waals surface area contributed by atoms with Crippen LogP contribution < -0.4 is 16.4 Å². The minimum absolute atomic E-state index is 0.144. The van der Waals surface area contributed by atoms with Gasteiger partial charge in [0.2, 0.25) is 5.91 Å². The van der Waals surface area contributed by atoms with Crippen molar-refractivity contribution in [2.75, 3.05) is 43.9 Å². The van der Waals surface area contributed by atoms with Crippen molar-refractivity contribution in [2.24, 2.45) is 10.7 Å². The number of rotatable bonds is 6. The number of aliphatic imine (C=N–C) groups is 1. The molecular formula is C30H31N9O. The number of anilines is 2. The lowest BCUT2D eigenvalue weighted by atomic mass is 9.99. The molecule has 0 bridgehead atoms. The molecule has 4 N–H and O–H groups in total. The summed E-state index contributed by atoms with van der Waals surface area (Å²) in [4.78, 5) is 26.0.